The van der Waals surface area contributed by atoms with Crippen molar-refractivity contribution in [3.63, 3.8) is 0 Å². The summed E-state index contributed by atoms with van der Waals surface area (Å²) in [6.07, 6.45) is 2.34. The molecule has 2 bridgehead atoms. The average Bonchev–Trinajstić information content (AvgIpc) is 3.28. The van der Waals surface area contributed by atoms with Crippen molar-refractivity contribution in [2.24, 2.45) is 5.92 Å². The van der Waals surface area contributed by atoms with Gasteiger partial charge in [0, 0.05) is 29.0 Å². The molecule has 5 heteroatoms. The quantitative estimate of drug-likeness (QED) is 0.638. The Bertz CT molecular complexity index is 1000. The predicted octanol–water partition coefficient (Wildman–Crippen LogP) is 4.90. The minimum absolute atomic E-state index is 0.116. The number of amides is 1. The average molecular weight is 402 g/mol. The van der Waals surface area contributed by atoms with Crippen molar-refractivity contribution in [1.29, 1.82) is 0 Å². The molecule has 6 rings (SSSR count). The van der Waals surface area contributed by atoms with E-state index in [0.717, 1.165) is 30.0 Å². The molecule has 3 fully saturated rings. The molecule has 5 nitrogen and oxygen atoms in total. The van der Waals surface area contributed by atoms with E-state index in [2.05, 4.69) is 22.5 Å². The second-order valence-corrected chi connectivity index (χ2v) is 8.35. The maximum absolute atomic E-state index is 12.8. The van der Waals surface area contributed by atoms with E-state index in [-0.39, 0.29) is 11.9 Å². The number of carbonyl (C=O) groups is 1. The van der Waals surface area contributed by atoms with E-state index in [1.165, 1.54) is 12.8 Å². The van der Waals surface area contributed by atoms with Crippen molar-refractivity contribution in [3.05, 3.63) is 72.5 Å². The lowest BCUT2D eigenvalue weighted by atomic mass is 9.79. The number of hydrogen-bond donors (Lipinski definition) is 2. The van der Waals surface area contributed by atoms with Gasteiger partial charge >= 0.3 is 0 Å². The van der Waals surface area contributed by atoms with Gasteiger partial charge in [-0.15, -0.1) is 0 Å². The van der Waals surface area contributed by atoms with Gasteiger partial charge in [-0.05, 0) is 87.3 Å². The van der Waals surface area contributed by atoms with Gasteiger partial charge in [-0.3, -0.25) is 9.69 Å². The molecule has 0 aliphatic carbocycles. The summed E-state index contributed by atoms with van der Waals surface area (Å²) < 4.78 is 5.90. The van der Waals surface area contributed by atoms with Crippen molar-refractivity contribution < 1.29 is 9.21 Å². The Morgan fingerprint density at radius 3 is 2.33 bits per heavy atom. The van der Waals surface area contributed by atoms with Crippen LogP contribution >= 0.6 is 0 Å². The zero-order valence-electron chi connectivity index (χ0n) is 17.2. The molecule has 2 aromatic carbocycles. The molecule has 30 heavy (non-hydrogen) atoms. The summed E-state index contributed by atoms with van der Waals surface area (Å²) in [6.45, 7) is 4.52. The minimum Gasteiger partial charge on any atom is -0.451 e. The second kappa shape index (κ2) is 8.00. The number of nitrogens with zero attached hydrogens (tertiary/aromatic N) is 1. The SMILES string of the molecule is CC1C(NC(=O)c2ccc(-c3ccc(Nc4ccccc4)cc3)o2)C2CCN1CC2. The van der Waals surface area contributed by atoms with Gasteiger partial charge in [-0.1, -0.05) is 18.2 Å². The summed E-state index contributed by atoms with van der Waals surface area (Å²) in [5.41, 5.74) is 3.00. The number of fused-ring (bicyclic) bond motifs is 3. The van der Waals surface area contributed by atoms with Crippen LogP contribution in [0.15, 0.2) is 71.1 Å². The molecule has 2 N–H and O–H groups in total. The third-order valence-electron chi connectivity index (χ3n) is 6.54. The number of piperidine rings is 3. The fourth-order valence-corrected chi connectivity index (χ4v) is 4.79. The van der Waals surface area contributed by atoms with Crippen LogP contribution in [-0.2, 0) is 0 Å². The molecule has 0 radical (unpaired) electrons. The topological polar surface area (TPSA) is 57.5 Å². The number of furan rings is 1. The first-order valence-corrected chi connectivity index (χ1v) is 10.7. The lowest BCUT2D eigenvalue weighted by Gasteiger charge is -2.49. The van der Waals surface area contributed by atoms with E-state index in [0.29, 0.717) is 23.5 Å². The van der Waals surface area contributed by atoms with Crippen molar-refractivity contribution in [2.75, 3.05) is 18.4 Å². The van der Waals surface area contributed by atoms with Crippen LogP contribution in [-0.4, -0.2) is 36.0 Å². The number of carbonyl (C=O) groups excluding carboxylic acids is 1. The van der Waals surface area contributed by atoms with Crippen LogP contribution < -0.4 is 10.6 Å². The van der Waals surface area contributed by atoms with Crippen molar-refractivity contribution in [1.82, 2.24) is 10.2 Å². The van der Waals surface area contributed by atoms with Gasteiger partial charge in [-0.2, -0.15) is 0 Å². The highest BCUT2D eigenvalue weighted by atomic mass is 16.3. The van der Waals surface area contributed by atoms with Crippen molar-refractivity contribution in [2.45, 2.75) is 31.8 Å². The van der Waals surface area contributed by atoms with E-state index < -0.39 is 0 Å². The first kappa shape index (κ1) is 18.9. The van der Waals surface area contributed by atoms with Gasteiger partial charge in [0.25, 0.3) is 5.91 Å². The lowest BCUT2D eigenvalue weighted by Crippen LogP contribution is -2.62. The smallest absolute Gasteiger partial charge is 0.287 e. The van der Waals surface area contributed by atoms with Crippen LogP contribution in [0.1, 0.15) is 30.3 Å². The summed E-state index contributed by atoms with van der Waals surface area (Å²) in [6, 6.07) is 22.3. The zero-order chi connectivity index (χ0) is 20.5. The molecule has 0 spiro atoms. The Morgan fingerprint density at radius 1 is 0.933 bits per heavy atom. The lowest BCUT2D eigenvalue weighted by molar-refractivity contribution is 0.0211. The largest absolute Gasteiger partial charge is 0.451 e. The molecule has 2 unspecified atom stereocenters. The normalized spacial score (nSPS) is 25.1. The third kappa shape index (κ3) is 3.73. The van der Waals surface area contributed by atoms with E-state index >= 15 is 0 Å². The van der Waals surface area contributed by atoms with Gasteiger partial charge in [0.05, 0.1) is 0 Å². The highest BCUT2D eigenvalue weighted by molar-refractivity contribution is 5.92. The number of para-hydroxylation sites is 1. The first-order chi connectivity index (χ1) is 14.7. The molecule has 3 saturated heterocycles. The van der Waals surface area contributed by atoms with E-state index in [9.17, 15) is 4.79 Å². The van der Waals surface area contributed by atoms with Gasteiger partial charge in [0.2, 0.25) is 0 Å². The second-order valence-electron chi connectivity index (χ2n) is 8.35. The highest BCUT2D eigenvalue weighted by Gasteiger charge is 2.40. The Hall–Kier alpha value is -3.05. The molecule has 4 heterocycles. The molecule has 0 saturated carbocycles. The Labute approximate surface area is 177 Å². The standard InChI is InChI=1S/C25H27N3O2/c1-17-24(19-13-15-28(17)16-14-19)27-25(29)23-12-11-22(30-23)18-7-9-21(10-8-18)26-20-5-3-2-4-6-20/h2-12,17,19,24,26H,13-16H2,1H3,(H,27,29). The summed E-state index contributed by atoms with van der Waals surface area (Å²) in [5, 5.41) is 6.60. The van der Waals surface area contributed by atoms with Crippen LogP contribution in [0, 0.1) is 5.92 Å². The van der Waals surface area contributed by atoms with Gasteiger partial charge in [-0.25, -0.2) is 0 Å². The maximum atomic E-state index is 12.8. The van der Waals surface area contributed by atoms with Crippen molar-refractivity contribution >= 4 is 17.3 Å². The predicted molar refractivity (Wildman–Crippen MR) is 119 cm³/mol. The summed E-state index contributed by atoms with van der Waals surface area (Å²) in [5.74, 6) is 1.54. The van der Waals surface area contributed by atoms with Gasteiger partial charge < -0.3 is 15.1 Å². The summed E-state index contributed by atoms with van der Waals surface area (Å²) in [7, 11) is 0. The number of anilines is 2. The Morgan fingerprint density at radius 2 is 1.63 bits per heavy atom. The molecular formula is C25H27N3O2. The van der Waals surface area contributed by atoms with Crippen LogP contribution in [0.2, 0.25) is 0 Å². The Balaban J connectivity index is 1.25. The van der Waals surface area contributed by atoms with Crippen LogP contribution in [0.5, 0.6) is 0 Å². The van der Waals surface area contributed by atoms with Gasteiger partial charge in [0.1, 0.15) is 5.76 Å². The molecule has 3 aliphatic heterocycles. The number of benzene rings is 2. The zero-order valence-corrected chi connectivity index (χ0v) is 17.2. The van der Waals surface area contributed by atoms with E-state index in [1.54, 1.807) is 6.07 Å². The van der Waals surface area contributed by atoms with Crippen LogP contribution in [0.4, 0.5) is 11.4 Å². The molecule has 2 atom stereocenters. The molecular weight excluding hydrogens is 374 g/mol. The van der Waals surface area contributed by atoms with Crippen LogP contribution in [0.25, 0.3) is 11.3 Å². The number of hydrogen-bond acceptors (Lipinski definition) is 4. The fourth-order valence-electron chi connectivity index (χ4n) is 4.79. The molecule has 1 amide bonds. The first-order valence-electron chi connectivity index (χ1n) is 10.7. The maximum Gasteiger partial charge on any atom is 0.287 e. The van der Waals surface area contributed by atoms with Gasteiger partial charge in [0.15, 0.2) is 5.76 Å². The monoisotopic (exact) mass is 401 g/mol. The molecule has 3 aliphatic rings. The Kier molecular flexibility index (Phi) is 5.05. The van der Waals surface area contributed by atoms with Crippen molar-refractivity contribution in [3.8, 4) is 11.3 Å². The summed E-state index contributed by atoms with van der Waals surface area (Å²) in [4.78, 5) is 15.3. The summed E-state index contributed by atoms with van der Waals surface area (Å²) >= 11 is 0. The number of nitrogens with one attached hydrogen (secondary N) is 2. The highest BCUT2D eigenvalue weighted by Crippen LogP contribution is 2.32. The molecule has 1 aromatic heterocycles. The van der Waals surface area contributed by atoms with Crippen LogP contribution in [0.3, 0.4) is 0 Å². The minimum atomic E-state index is -0.116. The molecule has 154 valence electrons. The third-order valence-corrected chi connectivity index (χ3v) is 6.54. The van der Waals surface area contributed by atoms with E-state index in [4.69, 9.17) is 4.42 Å². The number of rotatable bonds is 5. The molecule has 3 aromatic rings. The van der Waals surface area contributed by atoms with E-state index in [1.807, 2.05) is 60.7 Å². The fraction of sp³-hybridized carbons (Fsp3) is 0.320.